The Bertz CT molecular complexity index is 556. The minimum atomic E-state index is 0.771. The molecule has 5 heteroatoms. The lowest BCUT2D eigenvalue weighted by Gasteiger charge is -2.23. The molecular weight excluding hydrogens is 344 g/mol. The molecule has 2 aromatic rings. The number of rotatable bonds is 5. The summed E-state index contributed by atoms with van der Waals surface area (Å²) >= 11 is 11.5. The number of thiophene rings is 1. The van der Waals surface area contributed by atoms with E-state index in [4.69, 9.17) is 11.6 Å². The third-order valence-electron chi connectivity index (χ3n) is 2.90. The fourth-order valence-electron chi connectivity index (χ4n) is 2.04. The molecule has 1 heterocycles. The monoisotopic (exact) mass is 358 g/mol. The van der Waals surface area contributed by atoms with Crippen LogP contribution in [0.15, 0.2) is 33.4 Å². The summed E-state index contributed by atoms with van der Waals surface area (Å²) in [5.74, 6) is 0. The molecule has 0 saturated carbocycles. The lowest BCUT2D eigenvalue weighted by atomic mass is 10.1. The van der Waals surface area contributed by atoms with E-state index in [2.05, 4.69) is 50.7 Å². The molecular formula is C14H16BrClN2S. The molecule has 0 aliphatic carbocycles. The van der Waals surface area contributed by atoms with Crippen molar-refractivity contribution in [2.45, 2.75) is 13.1 Å². The van der Waals surface area contributed by atoms with Crippen LogP contribution in [0.5, 0.6) is 0 Å². The number of hydrogen-bond donors (Lipinski definition) is 1. The maximum atomic E-state index is 6.29. The van der Waals surface area contributed by atoms with E-state index in [1.54, 1.807) is 11.3 Å². The Balaban J connectivity index is 2.23. The molecule has 0 saturated heterocycles. The lowest BCUT2D eigenvalue weighted by molar-refractivity contribution is 0.806. The van der Waals surface area contributed by atoms with Gasteiger partial charge in [0.2, 0.25) is 0 Å². The average Bonchev–Trinajstić information content (AvgIpc) is 2.77. The zero-order valence-electron chi connectivity index (χ0n) is 10.9. The molecule has 1 aromatic heterocycles. The zero-order valence-corrected chi connectivity index (χ0v) is 14.1. The van der Waals surface area contributed by atoms with Gasteiger partial charge in [-0.2, -0.15) is 0 Å². The summed E-state index contributed by atoms with van der Waals surface area (Å²) in [6, 6.07) is 8.20. The largest absolute Gasteiger partial charge is 0.370 e. The number of benzene rings is 1. The second-order valence-electron chi connectivity index (χ2n) is 4.38. The molecule has 0 amide bonds. The van der Waals surface area contributed by atoms with Crippen molar-refractivity contribution in [3.05, 3.63) is 49.6 Å². The van der Waals surface area contributed by atoms with Crippen molar-refractivity contribution in [3.8, 4) is 0 Å². The highest BCUT2D eigenvalue weighted by Gasteiger charge is 2.11. The maximum absolute atomic E-state index is 6.29. The van der Waals surface area contributed by atoms with E-state index >= 15 is 0 Å². The van der Waals surface area contributed by atoms with Gasteiger partial charge in [-0.15, -0.1) is 11.3 Å². The van der Waals surface area contributed by atoms with Crippen LogP contribution in [0, 0.1) is 0 Å². The zero-order chi connectivity index (χ0) is 13.8. The van der Waals surface area contributed by atoms with Gasteiger partial charge in [-0.25, -0.2) is 0 Å². The number of hydrogen-bond acceptors (Lipinski definition) is 3. The molecule has 2 rings (SSSR count). The SMILES string of the molecule is CNCc1c(Cl)cccc1N(C)Cc1csc(Br)c1. The van der Waals surface area contributed by atoms with Crippen LogP contribution in [0.4, 0.5) is 5.69 Å². The van der Waals surface area contributed by atoms with Gasteiger partial charge in [-0.05, 0) is 52.1 Å². The first-order chi connectivity index (χ1) is 9.11. The van der Waals surface area contributed by atoms with Crippen molar-refractivity contribution in [1.82, 2.24) is 5.32 Å². The van der Waals surface area contributed by atoms with Crippen molar-refractivity contribution in [3.63, 3.8) is 0 Å². The summed E-state index contributed by atoms with van der Waals surface area (Å²) in [6.45, 7) is 1.64. The summed E-state index contributed by atoms with van der Waals surface area (Å²) in [4.78, 5) is 2.23. The molecule has 1 N–H and O–H groups in total. The fourth-order valence-corrected chi connectivity index (χ4v) is 3.48. The molecule has 0 aliphatic rings. The normalized spacial score (nSPS) is 10.7. The fraction of sp³-hybridized carbons (Fsp3) is 0.286. The Morgan fingerprint density at radius 1 is 1.42 bits per heavy atom. The van der Waals surface area contributed by atoms with E-state index in [0.29, 0.717) is 0 Å². The molecule has 0 bridgehead atoms. The minimum absolute atomic E-state index is 0.771. The first-order valence-electron chi connectivity index (χ1n) is 5.98. The topological polar surface area (TPSA) is 15.3 Å². The molecule has 1 aromatic carbocycles. The van der Waals surface area contributed by atoms with Crippen molar-refractivity contribution >= 4 is 44.6 Å². The number of nitrogens with one attached hydrogen (secondary N) is 1. The molecule has 0 fully saturated rings. The van der Waals surface area contributed by atoms with E-state index in [0.717, 1.165) is 27.5 Å². The number of nitrogens with zero attached hydrogens (tertiary/aromatic N) is 1. The van der Waals surface area contributed by atoms with Crippen molar-refractivity contribution < 1.29 is 0 Å². The Morgan fingerprint density at radius 2 is 2.21 bits per heavy atom. The molecule has 0 spiro atoms. The van der Waals surface area contributed by atoms with Crippen LogP contribution in [-0.4, -0.2) is 14.1 Å². The summed E-state index contributed by atoms with van der Waals surface area (Å²) < 4.78 is 1.16. The molecule has 0 aliphatic heterocycles. The van der Waals surface area contributed by atoms with Gasteiger partial charge in [0.15, 0.2) is 0 Å². The van der Waals surface area contributed by atoms with Crippen LogP contribution >= 0.6 is 38.9 Å². The van der Waals surface area contributed by atoms with Gasteiger partial charge in [0.05, 0.1) is 3.79 Å². The smallest absolute Gasteiger partial charge is 0.0701 e. The molecule has 2 nitrogen and oxygen atoms in total. The van der Waals surface area contributed by atoms with E-state index in [-0.39, 0.29) is 0 Å². The summed E-state index contributed by atoms with van der Waals surface area (Å²) in [6.07, 6.45) is 0. The Hall–Kier alpha value is -0.550. The third kappa shape index (κ3) is 3.72. The van der Waals surface area contributed by atoms with Crippen LogP contribution < -0.4 is 10.2 Å². The molecule has 0 radical (unpaired) electrons. The second kappa shape index (κ2) is 6.75. The molecule has 0 unspecified atom stereocenters. The molecule has 0 atom stereocenters. The van der Waals surface area contributed by atoms with Gasteiger partial charge in [0.1, 0.15) is 0 Å². The van der Waals surface area contributed by atoms with Crippen LogP contribution in [0.25, 0.3) is 0 Å². The lowest BCUT2D eigenvalue weighted by Crippen LogP contribution is -2.19. The van der Waals surface area contributed by atoms with Crippen molar-refractivity contribution in [2.24, 2.45) is 0 Å². The predicted molar refractivity (Wildman–Crippen MR) is 88.3 cm³/mol. The van der Waals surface area contributed by atoms with Gasteiger partial charge in [-0.1, -0.05) is 17.7 Å². The first-order valence-corrected chi connectivity index (χ1v) is 8.03. The van der Waals surface area contributed by atoms with E-state index < -0.39 is 0 Å². The van der Waals surface area contributed by atoms with Gasteiger partial charge in [0, 0.05) is 36.4 Å². The minimum Gasteiger partial charge on any atom is -0.370 e. The molecule has 102 valence electrons. The van der Waals surface area contributed by atoms with E-state index in [1.807, 2.05) is 19.2 Å². The van der Waals surface area contributed by atoms with Crippen LogP contribution in [0.3, 0.4) is 0 Å². The Kier molecular flexibility index (Phi) is 5.28. The van der Waals surface area contributed by atoms with Crippen LogP contribution in [-0.2, 0) is 13.1 Å². The van der Waals surface area contributed by atoms with Gasteiger partial charge in [0.25, 0.3) is 0 Å². The quantitative estimate of drug-likeness (QED) is 0.844. The number of anilines is 1. The van der Waals surface area contributed by atoms with E-state index in [9.17, 15) is 0 Å². The third-order valence-corrected chi connectivity index (χ3v) is 4.81. The summed E-state index contributed by atoms with van der Waals surface area (Å²) in [7, 11) is 4.03. The van der Waals surface area contributed by atoms with Gasteiger partial charge < -0.3 is 10.2 Å². The van der Waals surface area contributed by atoms with Crippen molar-refractivity contribution in [1.29, 1.82) is 0 Å². The Labute approximate surface area is 131 Å². The summed E-state index contributed by atoms with van der Waals surface area (Å²) in [5.41, 5.74) is 3.61. The van der Waals surface area contributed by atoms with Gasteiger partial charge in [-0.3, -0.25) is 0 Å². The average molecular weight is 360 g/mol. The second-order valence-corrected chi connectivity index (χ2v) is 7.08. The predicted octanol–water partition coefficient (Wildman–Crippen LogP) is 4.52. The number of halogens is 2. The summed E-state index contributed by atoms with van der Waals surface area (Å²) in [5, 5.41) is 6.15. The highest BCUT2D eigenvalue weighted by molar-refractivity contribution is 9.11. The highest BCUT2D eigenvalue weighted by Crippen LogP contribution is 2.29. The maximum Gasteiger partial charge on any atom is 0.0701 e. The van der Waals surface area contributed by atoms with Crippen LogP contribution in [0.2, 0.25) is 5.02 Å². The van der Waals surface area contributed by atoms with E-state index in [1.165, 1.54) is 11.3 Å². The van der Waals surface area contributed by atoms with Gasteiger partial charge >= 0.3 is 0 Å². The van der Waals surface area contributed by atoms with Crippen molar-refractivity contribution in [2.75, 3.05) is 19.0 Å². The molecule has 19 heavy (non-hydrogen) atoms. The van der Waals surface area contributed by atoms with Crippen LogP contribution in [0.1, 0.15) is 11.1 Å². The standard InChI is InChI=1S/C14H16BrClN2S/c1-17-7-11-12(16)4-3-5-13(11)18(2)8-10-6-14(15)19-9-10/h3-6,9,17H,7-8H2,1-2H3. The Morgan fingerprint density at radius 3 is 2.84 bits per heavy atom. The first kappa shape index (κ1) is 14.9. The highest BCUT2D eigenvalue weighted by atomic mass is 79.9.